The lowest BCUT2D eigenvalue weighted by molar-refractivity contribution is -0.118. The molecule has 0 fully saturated rings. The molecule has 0 aliphatic heterocycles. The Labute approximate surface area is 104 Å². The van der Waals surface area contributed by atoms with E-state index in [1.54, 1.807) is 0 Å². The predicted octanol–water partition coefficient (Wildman–Crippen LogP) is 2.43. The van der Waals surface area contributed by atoms with Gasteiger partial charge >= 0.3 is 0 Å². The molecule has 0 saturated heterocycles. The number of para-hydroxylation sites is 1. The number of nitrogens with zero attached hydrogens (tertiary/aromatic N) is 1. The van der Waals surface area contributed by atoms with Gasteiger partial charge in [-0.3, -0.25) is 4.79 Å². The number of benzene rings is 1. The molecule has 0 unspecified atom stereocenters. The first-order valence-electron chi connectivity index (χ1n) is 6.24. The lowest BCUT2D eigenvalue weighted by atomic mass is 10.2. The van der Waals surface area contributed by atoms with Gasteiger partial charge in [0.05, 0.1) is 0 Å². The maximum absolute atomic E-state index is 12.0. The summed E-state index contributed by atoms with van der Waals surface area (Å²) in [5, 5.41) is 3.26. The molecule has 0 atom stereocenters. The Balaban J connectivity index is 2.53. The van der Waals surface area contributed by atoms with E-state index in [1.165, 1.54) is 0 Å². The van der Waals surface area contributed by atoms with Crippen molar-refractivity contribution in [3.63, 3.8) is 0 Å². The highest BCUT2D eigenvalue weighted by atomic mass is 16.2. The fourth-order valence-electron chi connectivity index (χ4n) is 1.71. The zero-order chi connectivity index (χ0) is 12.7. The summed E-state index contributed by atoms with van der Waals surface area (Å²) in [4.78, 5) is 13.9. The van der Waals surface area contributed by atoms with E-state index in [2.05, 4.69) is 19.2 Å². The summed E-state index contributed by atoms with van der Waals surface area (Å²) in [6.07, 6.45) is 0.543. The summed E-state index contributed by atoms with van der Waals surface area (Å²) in [7, 11) is 0. The SMILES string of the molecule is CCN(C(=O)CCNC(C)C)c1ccccc1. The molecule has 0 heterocycles. The summed E-state index contributed by atoms with van der Waals surface area (Å²) < 4.78 is 0. The lowest BCUT2D eigenvalue weighted by Crippen LogP contribution is -2.34. The van der Waals surface area contributed by atoms with Crippen LogP contribution in [0.5, 0.6) is 0 Å². The number of carbonyl (C=O) groups excluding carboxylic acids is 1. The van der Waals surface area contributed by atoms with Gasteiger partial charge in [-0.15, -0.1) is 0 Å². The van der Waals surface area contributed by atoms with Crippen LogP contribution in [0.1, 0.15) is 27.2 Å². The number of hydrogen-bond donors (Lipinski definition) is 1. The van der Waals surface area contributed by atoms with Crippen LogP contribution in [0.4, 0.5) is 5.69 Å². The summed E-state index contributed by atoms with van der Waals surface area (Å²) in [6.45, 7) is 7.61. The highest BCUT2D eigenvalue weighted by Crippen LogP contribution is 2.13. The monoisotopic (exact) mass is 234 g/mol. The standard InChI is InChI=1S/C14H22N2O/c1-4-16(13-8-6-5-7-9-13)14(17)10-11-15-12(2)3/h5-9,12,15H,4,10-11H2,1-3H3. The van der Waals surface area contributed by atoms with Crippen LogP contribution in [0.3, 0.4) is 0 Å². The summed E-state index contributed by atoms with van der Waals surface area (Å²) in [6, 6.07) is 10.2. The van der Waals surface area contributed by atoms with Gasteiger partial charge in [-0.05, 0) is 19.1 Å². The van der Waals surface area contributed by atoms with Crippen molar-refractivity contribution in [2.45, 2.75) is 33.2 Å². The number of nitrogens with one attached hydrogen (secondary N) is 1. The molecular weight excluding hydrogens is 212 g/mol. The first-order chi connectivity index (χ1) is 8.15. The van der Waals surface area contributed by atoms with Crippen LogP contribution in [-0.2, 0) is 4.79 Å². The molecule has 1 aromatic rings. The van der Waals surface area contributed by atoms with E-state index in [1.807, 2.05) is 42.2 Å². The minimum absolute atomic E-state index is 0.173. The Morgan fingerprint density at radius 1 is 1.29 bits per heavy atom. The van der Waals surface area contributed by atoms with Crippen molar-refractivity contribution in [3.8, 4) is 0 Å². The Kier molecular flexibility index (Phi) is 5.70. The van der Waals surface area contributed by atoms with Crippen molar-refractivity contribution in [1.82, 2.24) is 5.32 Å². The molecule has 3 nitrogen and oxygen atoms in total. The molecule has 0 aliphatic carbocycles. The van der Waals surface area contributed by atoms with E-state index < -0.39 is 0 Å². The minimum Gasteiger partial charge on any atom is -0.314 e. The summed E-state index contributed by atoms with van der Waals surface area (Å²) >= 11 is 0. The molecule has 1 amide bonds. The number of anilines is 1. The van der Waals surface area contributed by atoms with Crippen molar-refractivity contribution in [2.75, 3.05) is 18.0 Å². The predicted molar refractivity (Wildman–Crippen MR) is 72.2 cm³/mol. The van der Waals surface area contributed by atoms with Crippen LogP contribution >= 0.6 is 0 Å². The fourth-order valence-corrected chi connectivity index (χ4v) is 1.71. The lowest BCUT2D eigenvalue weighted by Gasteiger charge is -2.21. The second-order valence-corrected chi connectivity index (χ2v) is 4.33. The zero-order valence-electron chi connectivity index (χ0n) is 10.9. The first-order valence-corrected chi connectivity index (χ1v) is 6.24. The quantitative estimate of drug-likeness (QED) is 0.820. The average Bonchev–Trinajstić information content (AvgIpc) is 2.31. The Bertz CT molecular complexity index is 335. The first kappa shape index (κ1) is 13.7. The largest absolute Gasteiger partial charge is 0.314 e. The van der Waals surface area contributed by atoms with Crippen LogP contribution < -0.4 is 10.2 Å². The molecule has 1 N–H and O–H groups in total. The van der Waals surface area contributed by atoms with E-state index in [9.17, 15) is 4.79 Å². The van der Waals surface area contributed by atoms with E-state index in [0.717, 1.165) is 12.2 Å². The fraction of sp³-hybridized carbons (Fsp3) is 0.500. The maximum atomic E-state index is 12.0. The van der Waals surface area contributed by atoms with Crippen LogP contribution in [-0.4, -0.2) is 25.0 Å². The normalized spacial score (nSPS) is 10.6. The average molecular weight is 234 g/mol. The van der Waals surface area contributed by atoms with Crippen molar-refractivity contribution < 1.29 is 4.79 Å². The van der Waals surface area contributed by atoms with Gasteiger partial charge in [0.25, 0.3) is 0 Å². The van der Waals surface area contributed by atoms with E-state index >= 15 is 0 Å². The van der Waals surface area contributed by atoms with E-state index in [0.29, 0.717) is 19.0 Å². The van der Waals surface area contributed by atoms with Crippen LogP contribution in [0, 0.1) is 0 Å². The number of hydrogen-bond acceptors (Lipinski definition) is 2. The van der Waals surface area contributed by atoms with Crippen molar-refractivity contribution >= 4 is 11.6 Å². The molecule has 0 aromatic heterocycles. The van der Waals surface area contributed by atoms with Gasteiger partial charge < -0.3 is 10.2 Å². The molecule has 0 aliphatic rings. The highest BCUT2D eigenvalue weighted by molar-refractivity contribution is 5.93. The minimum atomic E-state index is 0.173. The maximum Gasteiger partial charge on any atom is 0.228 e. The topological polar surface area (TPSA) is 32.3 Å². The Morgan fingerprint density at radius 2 is 1.94 bits per heavy atom. The number of amides is 1. The van der Waals surface area contributed by atoms with Crippen molar-refractivity contribution in [3.05, 3.63) is 30.3 Å². The Hall–Kier alpha value is -1.35. The van der Waals surface area contributed by atoms with Gasteiger partial charge in [-0.25, -0.2) is 0 Å². The van der Waals surface area contributed by atoms with E-state index in [4.69, 9.17) is 0 Å². The summed E-state index contributed by atoms with van der Waals surface area (Å²) in [5.41, 5.74) is 0.976. The van der Waals surface area contributed by atoms with Crippen molar-refractivity contribution in [1.29, 1.82) is 0 Å². The molecule has 1 aromatic carbocycles. The third-order valence-corrected chi connectivity index (χ3v) is 2.58. The molecule has 94 valence electrons. The molecule has 17 heavy (non-hydrogen) atoms. The molecule has 0 saturated carbocycles. The third kappa shape index (κ3) is 4.57. The Morgan fingerprint density at radius 3 is 2.47 bits per heavy atom. The number of carbonyl (C=O) groups is 1. The van der Waals surface area contributed by atoms with Gasteiger partial charge in [0.2, 0.25) is 5.91 Å². The van der Waals surface area contributed by atoms with Gasteiger partial charge in [-0.2, -0.15) is 0 Å². The zero-order valence-corrected chi connectivity index (χ0v) is 10.9. The van der Waals surface area contributed by atoms with Gasteiger partial charge in [-0.1, -0.05) is 32.0 Å². The molecular formula is C14H22N2O. The molecule has 1 rings (SSSR count). The second kappa shape index (κ2) is 7.07. The van der Waals surface area contributed by atoms with Gasteiger partial charge in [0.15, 0.2) is 0 Å². The third-order valence-electron chi connectivity index (χ3n) is 2.58. The molecule has 0 radical (unpaired) electrons. The van der Waals surface area contributed by atoms with Gasteiger partial charge in [0.1, 0.15) is 0 Å². The highest BCUT2D eigenvalue weighted by Gasteiger charge is 2.12. The molecule has 3 heteroatoms. The van der Waals surface area contributed by atoms with Crippen LogP contribution in [0.25, 0.3) is 0 Å². The smallest absolute Gasteiger partial charge is 0.228 e. The van der Waals surface area contributed by atoms with Crippen LogP contribution in [0.2, 0.25) is 0 Å². The molecule has 0 spiro atoms. The summed E-state index contributed by atoms with van der Waals surface area (Å²) in [5.74, 6) is 0.173. The van der Waals surface area contributed by atoms with E-state index in [-0.39, 0.29) is 5.91 Å². The molecule has 0 bridgehead atoms. The number of rotatable bonds is 6. The second-order valence-electron chi connectivity index (χ2n) is 4.33. The van der Waals surface area contributed by atoms with Crippen molar-refractivity contribution in [2.24, 2.45) is 0 Å². The van der Waals surface area contributed by atoms with Crippen LogP contribution in [0.15, 0.2) is 30.3 Å². The van der Waals surface area contributed by atoms with Gasteiger partial charge in [0, 0.05) is 31.2 Å².